The van der Waals surface area contributed by atoms with Crippen molar-refractivity contribution in [3.63, 3.8) is 0 Å². The van der Waals surface area contributed by atoms with Crippen LogP contribution in [-0.4, -0.2) is 43.3 Å². The molecule has 0 bridgehead atoms. The molecule has 0 aliphatic carbocycles. The lowest BCUT2D eigenvalue weighted by molar-refractivity contribution is 0.234. The number of piperidine rings is 1. The van der Waals surface area contributed by atoms with Crippen molar-refractivity contribution in [2.45, 2.75) is 45.9 Å². The maximum absolute atomic E-state index is 5.94. The number of nitrogens with zero attached hydrogens (tertiary/aromatic N) is 2. The minimum atomic E-state index is 0.421. The van der Waals surface area contributed by atoms with Gasteiger partial charge in [-0.15, -0.1) is 0 Å². The molecule has 0 atom stereocenters. The Balaban J connectivity index is 1.58. The lowest BCUT2D eigenvalue weighted by Gasteiger charge is -2.29. The van der Waals surface area contributed by atoms with Crippen LogP contribution in [-0.2, 0) is 13.2 Å². The normalized spacial score (nSPS) is 16.0. The van der Waals surface area contributed by atoms with Crippen molar-refractivity contribution in [3.8, 4) is 11.5 Å². The average molecular weight is 359 g/mol. The summed E-state index contributed by atoms with van der Waals surface area (Å²) in [6, 6.07) is 6.70. The molecule has 1 aliphatic rings. The van der Waals surface area contributed by atoms with Crippen LogP contribution in [0.5, 0.6) is 11.5 Å². The number of hydrogen-bond donors (Lipinski definition) is 1. The van der Waals surface area contributed by atoms with E-state index in [-0.39, 0.29) is 0 Å². The maximum atomic E-state index is 5.94. The molecule has 2 aromatic rings. The molecule has 1 saturated heterocycles. The highest BCUT2D eigenvalue weighted by Gasteiger charge is 2.16. The van der Waals surface area contributed by atoms with Crippen molar-refractivity contribution in [2.75, 3.05) is 27.2 Å². The Hall–Kier alpha value is -2.05. The standard InChI is InChI=1S/C20H29N3O3/c1-14-18(15(2)26-22-14)13-25-19-6-5-16(11-20(19)24-4)12-21-17-7-9-23(3)10-8-17/h5-6,11,17,21H,7-10,12-13H2,1-4H3. The molecule has 0 amide bonds. The van der Waals surface area contributed by atoms with E-state index in [2.05, 4.69) is 28.5 Å². The molecule has 0 saturated carbocycles. The minimum absolute atomic E-state index is 0.421. The van der Waals surface area contributed by atoms with E-state index in [1.165, 1.54) is 18.4 Å². The van der Waals surface area contributed by atoms with Crippen LogP contribution in [0.3, 0.4) is 0 Å². The number of hydrogen-bond acceptors (Lipinski definition) is 6. The van der Waals surface area contributed by atoms with Crippen molar-refractivity contribution in [1.29, 1.82) is 0 Å². The number of ether oxygens (including phenoxy) is 2. The second-order valence-corrected chi connectivity index (χ2v) is 7.04. The minimum Gasteiger partial charge on any atom is -0.493 e. The predicted molar refractivity (Wildman–Crippen MR) is 101 cm³/mol. The van der Waals surface area contributed by atoms with Crippen LogP contribution in [0.1, 0.15) is 35.4 Å². The molecular weight excluding hydrogens is 330 g/mol. The van der Waals surface area contributed by atoms with Crippen molar-refractivity contribution in [1.82, 2.24) is 15.4 Å². The van der Waals surface area contributed by atoms with E-state index >= 15 is 0 Å². The molecule has 6 nitrogen and oxygen atoms in total. The van der Waals surface area contributed by atoms with Crippen LogP contribution in [0.4, 0.5) is 0 Å². The molecule has 6 heteroatoms. The van der Waals surface area contributed by atoms with Gasteiger partial charge in [0, 0.05) is 12.6 Å². The van der Waals surface area contributed by atoms with Crippen LogP contribution in [0.2, 0.25) is 0 Å². The van der Waals surface area contributed by atoms with E-state index in [0.29, 0.717) is 12.6 Å². The van der Waals surface area contributed by atoms with Gasteiger partial charge in [-0.2, -0.15) is 0 Å². The van der Waals surface area contributed by atoms with Gasteiger partial charge in [0.05, 0.1) is 18.4 Å². The number of likely N-dealkylation sites (tertiary alicyclic amines) is 1. The molecule has 1 fully saturated rings. The number of rotatable bonds is 7. The Morgan fingerprint density at radius 3 is 2.65 bits per heavy atom. The Labute approximate surface area is 155 Å². The molecule has 1 N–H and O–H groups in total. The molecule has 3 rings (SSSR count). The molecule has 26 heavy (non-hydrogen) atoms. The van der Waals surface area contributed by atoms with Gasteiger partial charge in [0.2, 0.25) is 0 Å². The number of benzene rings is 1. The summed E-state index contributed by atoms with van der Waals surface area (Å²) >= 11 is 0. The third-order valence-corrected chi connectivity index (χ3v) is 5.09. The van der Waals surface area contributed by atoms with Gasteiger partial charge in [0.25, 0.3) is 0 Å². The van der Waals surface area contributed by atoms with E-state index in [0.717, 1.165) is 48.2 Å². The van der Waals surface area contributed by atoms with Crippen molar-refractivity contribution >= 4 is 0 Å². The molecule has 1 aliphatic heterocycles. The first-order valence-electron chi connectivity index (χ1n) is 9.20. The average Bonchev–Trinajstić information content (AvgIpc) is 2.97. The summed E-state index contributed by atoms with van der Waals surface area (Å²) < 4.78 is 16.7. The highest BCUT2D eigenvalue weighted by molar-refractivity contribution is 5.43. The fraction of sp³-hybridized carbons (Fsp3) is 0.550. The summed E-state index contributed by atoms with van der Waals surface area (Å²) in [5, 5.41) is 7.62. The molecule has 2 heterocycles. The molecule has 0 spiro atoms. The summed E-state index contributed by atoms with van der Waals surface area (Å²) in [5.41, 5.74) is 3.05. The predicted octanol–water partition coefficient (Wildman–Crippen LogP) is 3.06. The van der Waals surface area contributed by atoms with E-state index < -0.39 is 0 Å². The Bertz CT molecular complexity index is 702. The van der Waals surface area contributed by atoms with Crippen LogP contribution in [0, 0.1) is 13.8 Å². The van der Waals surface area contributed by atoms with Gasteiger partial charge in [-0.05, 0) is 64.5 Å². The van der Waals surface area contributed by atoms with Gasteiger partial charge in [-0.25, -0.2) is 0 Å². The van der Waals surface area contributed by atoms with Gasteiger partial charge in [0.15, 0.2) is 11.5 Å². The monoisotopic (exact) mass is 359 g/mol. The largest absolute Gasteiger partial charge is 0.493 e. The smallest absolute Gasteiger partial charge is 0.161 e. The summed E-state index contributed by atoms with van der Waals surface area (Å²) in [4.78, 5) is 2.38. The van der Waals surface area contributed by atoms with Crippen LogP contribution in [0.15, 0.2) is 22.7 Å². The molecule has 0 unspecified atom stereocenters. The first-order valence-corrected chi connectivity index (χ1v) is 9.20. The van der Waals surface area contributed by atoms with E-state index in [4.69, 9.17) is 14.0 Å². The number of methoxy groups -OCH3 is 1. The summed E-state index contributed by atoms with van der Waals surface area (Å²) in [6.45, 7) is 7.41. The van der Waals surface area contributed by atoms with Gasteiger partial charge in [-0.1, -0.05) is 11.2 Å². The first kappa shape index (κ1) is 18.7. The van der Waals surface area contributed by atoms with Crippen molar-refractivity contribution in [3.05, 3.63) is 40.8 Å². The van der Waals surface area contributed by atoms with Crippen LogP contribution in [0.25, 0.3) is 0 Å². The number of aryl methyl sites for hydroxylation is 2. The van der Waals surface area contributed by atoms with Gasteiger partial charge in [0.1, 0.15) is 12.4 Å². The van der Waals surface area contributed by atoms with Gasteiger partial charge < -0.3 is 24.2 Å². The highest BCUT2D eigenvalue weighted by atomic mass is 16.5. The molecular formula is C20H29N3O3. The summed E-state index contributed by atoms with van der Waals surface area (Å²) in [7, 11) is 3.86. The summed E-state index contributed by atoms with van der Waals surface area (Å²) in [5.74, 6) is 2.27. The fourth-order valence-corrected chi connectivity index (χ4v) is 3.27. The molecule has 1 aromatic heterocycles. The summed E-state index contributed by atoms with van der Waals surface area (Å²) in [6.07, 6.45) is 2.40. The maximum Gasteiger partial charge on any atom is 0.161 e. The quantitative estimate of drug-likeness (QED) is 0.820. The third kappa shape index (κ3) is 4.56. The zero-order valence-electron chi connectivity index (χ0n) is 16.2. The molecule has 0 radical (unpaired) electrons. The first-order chi connectivity index (χ1) is 12.6. The lowest BCUT2D eigenvalue weighted by atomic mass is 10.1. The SMILES string of the molecule is COc1cc(CNC2CCN(C)CC2)ccc1OCc1c(C)noc1C. The topological polar surface area (TPSA) is 59.8 Å². The van der Waals surface area contributed by atoms with Crippen molar-refractivity contribution < 1.29 is 14.0 Å². The zero-order chi connectivity index (χ0) is 18.5. The fourth-order valence-electron chi connectivity index (χ4n) is 3.27. The van der Waals surface area contributed by atoms with Gasteiger partial charge in [-0.3, -0.25) is 0 Å². The van der Waals surface area contributed by atoms with Crippen molar-refractivity contribution in [2.24, 2.45) is 0 Å². The Kier molecular flexibility index (Phi) is 6.16. The second-order valence-electron chi connectivity index (χ2n) is 7.04. The van der Waals surface area contributed by atoms with Crippen LogP contribution < -0.4 is 14.8 Å². The van der Waals surface area contributed by atoms with E-state index in [9.17, 15) is 0 Å². The van der Waals surface area contributed by atoms with Gasteiger partial charge >= 0.3 is 0 Å². The third-order valence-electron chi connectivity index (χ3n) is 5.09. The molecule has 142 valence electrons. The zero-order valence-corrected chi connectivity index (χ0v) is 16.2. The second kappa shape index (κ2) is 8.56. The lowest BCUT2D eigenvalue weighted by Crippen LogP contribution is -2.40. The molecule has 1 aromatic carbocycles. The Morgan fingerprint density at radius 2 is 2.00 bits per heavy atom. The van der Waals surface area contributed by atoms with Crippen LogP contribution >= 0.6 is 0 Å². The number of nitrogens with one attached hydrogen (secondary N) is 1. The van der Waals surface area contributed by atoms with E-state index in [1.807, 2.05) is 26.0 Å². The Morgan fingerprint density at radius 1 is 1.23 bits per heavy atom. The van der Waals surface area contributed by atoms with E-state index in [1.54, 1.807) is 7.11 Å². The highest BCUT2D eigenvalue weighted by Crippen LogP contribution is 2.29. The number of aromatic nitrogens is 1.